The van der Waals surface area contributed by atoms with E-state index in [0.717, 1.165) is 35.3 Å². The Morgan fingerprint density at radius 1 is 1.27 bits per heavy atom. The van der Waals surface area contributed by atoms with Gasteiger partial charge in [0.25, 0.3) is 5.91 Å². The fraction of sp³-hybridized carbons (Fsp3) is 0.529. The highest BCUT2D eigenvalue weighted by molar-refractivity contribution is 7.97. The molecule has 1 fully saturated rings. The number of amides is 1. The van der Waals surface area contributed by atoms with Gasteiger partial charge in [0.15, 0.2) is 0 Å². The van der Waals surface area contributed by atoms with E-state index in [9.17, 15) is 9.59 Å². The van der Waals surface area contributed by atoms with Gasteiger partial charge in [-0.2, -0.15) is 4.72 Å². The SMILES string of the molecule is COC(=O)C1CCC[S+]1NC(=O)Cc1c(C)cc(C)cc1C. The van der Waals surface area contributed by atoms with Gasteiger partial charge < -0.3 is 4.74 Å². The van der Waals surface area contributed by atoms with Gasteiger partial charge in [0.2, 0.25) is 5.25 Å². The highest BCUT2D eigenvalue weighted by Crippen LogP contribution is 2.22. The Balaban J connectivity index is 2.03. The predicted octanol–water partition coefficient (Wildman–Crippen LogP) is 2.14. The molecule has 1 aliphatic heterocycles. The van der Waals surface area contributed by atoms with Crippen LogP contribution >= 0.6 is 0 Å². The van der Waals surface area contributed by atoms with Crippen molar-refractivity contribution in [3.63, 3.8) is 0 Å². The lowest BCUT2D eigenvalue weighted by atomic mass is 9.97. The summed E-state index contributed by atoms with van der Waals surface area (Å²) in [6.45, 7) is 6.14. The van der Waals surface area contributed by atoms with Crippen LogP contribution in [0.5, 0.6) is 0 Å². The van der Waals surface area contributed by atoms with E-state index in [0.29, 0.717) is 6.42 Å². The molecule has 0 aliphatic carbocycles. The van der Waals surface area contributed by atoms with Gasteiger partial charge in [-0.05, 0) is 43.9 Å². The van der Waals surface area contributed by atoms with Crippen LogP contribution in [0.1, 0.15) is 35.1 Å². The third-order valence-electron chi connectivity index (χ3n) is 4.06. The minimum atomic E-state index is -0.391. The zero-order valence-electron chi connectivity index (χ0n) is 13.7. The second-order valence-corrected chi connectivity index (χ2v) is 7.91. The molecule has 1 aromatic carbocycles. The maximum atomic E-state index is 12.4. The monoisotopic (exact) mass is 322 g/mol. The number of ether oxygens (including phenoxy) is 1. The van der Waals surface area contributed by atoms with Gasteiger partial charge in [0.1, 0.15) is 16.8 Å². The first-order valence-electron chi connectivity index (χ1n) is 7.56. The molecular weight excluding hydrogens is 298 g/mol. The van der Waals surface area contributed by atoms with E-state index in [1.165, 1.54) is 12.7 Å². The van der Waals surface area contributed by atoms with Crippen molar-refractivity contribution in [2.45, 2.75) is 45.3 Å². The van der Waals surface area contributed by atoms with Crippen molar-refractivity contribution >= 4 is 23.0 Å². The number of carbonyl (C=O) groups excluding carboxylic acids is 2. The molecule has 2 rings (SSSR count). The molecule has 1 heterocycles. The summed E-state index contributed by atoms with van der Waals surface area (Å²) in [6.07, 6.45) is 2.14. The smallest absolute Gasteiger partial charge is 0.361 e. The van der Waals surface area contributed by atoms with E-state index >= 15 is 0 Å². The van der Waals surface area contributed by atoms with Crippen LogP contribution in [0.15, 0.2) is 12.1 Å². The number of benzene rings is 1. The Morgan fingerprint density at radius 2 is 1.91 bits per heavy atom. The average molecular weight is 322 g/mol. The molecule has 4 nitrogen and oxygen atoms in total. The van der Waals surface area contributed by atoms with Gasteiger partial charge in [-0.15, -0.1) is 0 Å². The molecule has 1 saturated heterocycles. The van der Waals surface area contributed by atoms with E-state index in [1.807, 2.05) is 13.8 Å². The van der Waals surface area contributed by atoms with Crippen molar-refractivity contribution in [2.24, 2.45) is 0 Å². The minimum absolute atomic E-state index is 0.00538. The quantitative estimate of drug-likeness (QED) is 0.682. The number of hydrogen-bond donors (Lipinski definition) is 1. The molecule has 1 amide bonds. The normalized spacial score (nSPS) is 20.7. The second kappa shape index (κ2) is 7.18. The first-order valence-corrected chi connectivity index (χ1v) is 9.01. The van der Waals surface area contributed by atoms with Crippen molar-refractivity contribution in [3.8, 4) is 0 Å². The molecule has 0 aromatic heterocycles. The van der Waals surface area contributed by atoms with Crippen LogP contribution in [0, 0.1) is 20.8 Å². The third-order valence-corrected chi connectivity index (χ3v) is 6.39. The van der Waals surface area contributed by atoms with Gasteiger partial charge in [-0.1, -0.05) is 17.7 Å². The predicted molar refractivity (Wildman–Crippen MR) is 89.8 cm³/mol. The molecule has 2 atom stereocenters. The Labute approximate surface area is 135 Å². The number of methoxy groups -OCH3 is 1. The summed E-state index contributed by atoms with van der Waals surface area (Å²) in [5, 5.41) is -0.172. The topological polar surface area (TPSA) is 55.4 Å². The fourth-order valence-corrected chi connectivity index (χ4v) is 5.18. The Morgan fingerprint density at radius 3 is 2.50 bits per heavy atom. The highest BCUT2D eigenvalue weighted by atomic mass is 32.2. The molecule has 1 aromatic rings. The molecule has 0 radical (unpaired) electrons. The summed E-state index contributed by atoms with van der Waals surface area (Å²) < 4.78 is 7.88. The van der Waals surface area contributed by atoms with Gasteiger partial charge in [0, 0.05) is 6.42 Å². The minimum Gasteiger partial charge on any atom is -0.465 e. The van der Waals surface area contributed by atoms with Crippen LogP contribution in [0.4, 0.5) is 0 Å². The summed E-state index contributed by atoms with van der Waals surface area (Å²) in [6, 6.07) is 4.20. The number of hydrogen-bond acceptors (Lipinski definition) is 3. The van der Waals surface area contributed by atoms with Crippen LogP contribution in [-0.4, -0.2) is 30.0 Å². The van der Waals surface area contributed by atoms with Crippen molar-refractivity contribution in [3.05, 3.63) is 34.4 Å². The molecule has 1 N–H and O–H groups in total. The van der Waals surface area contributed by atoms with Crippen LogP contribution in [0.3, 0.4) is 0 Å². The average Bonchev–Trinajstić information content (AvgIpc) is 2.90. The van der Waals surface area contributed by atoms with Crippen LogP contribution in [0.25, 0.3) is 0 Å². The molecule has 22 heavy (non-hydrogen) atoms. The maximum Gasteiger partial charge on any atom is 0.361 e. The molecular formula is C17H24NO3S+. The maximum absolute atomic E-state index is 12.4. The lowest BCUT2D eigenvalue weighted by molar-refractivity contribution is -0.140. The molecule has 0 saturated carbocycles. The molecule has 0 bridgehead atoms. The van der Waals surface area contributed by atoms with Crippen LogP contribution in [-0.2, 0) is 31.8 Å². The molecule has 5 heteroatoms. The number of esters is 1. The number of aryl methyl sites for hydroxylation is 3. The number of rotatable bonds is 4. The van der Waals surface area contributed by atoms with Crippen LogP contribution in [0.2, 0.25) is 0 Å². The van der Waals surface area contributed by atoms with E-state index in [4.69, 9.17) is 4.74 Å². The van der Waals surface area contributed by atoms with Gasteiger partial charge >= 0.3 is 5.97 Å². The number of carbonyl (C=O) groups is 2. The van der Waals surface area contributed by atoms with Gasteiger partial charge in [-0.25, -0.2) is 4.79 Å². The Bertz CT molecular complexity index is 562. The summed E-state index contributed by atoms with van der Waals surface area (Å²) in [5.74, 6) is 0.662. The molecule has 1 aliphatic rings. The van der Waals surface area contributed by atoms with Gasteiger partial charge in [-0.3, -0.25) is 4.79 Å². The summed E-state index contributed by atoms with van der Waals surface area (Å²) in [4.78, 5) is 24.1. The summed E-state index contributed by atoms with van der Waals surface area (Å²) >= 11 is -0.391. The zero-order chi connectivity index (χ0) is 16.3. The lowest BCUT2D eigenvalue weighted by Gasteiger charge is -2.12. The highest BCUT2D eigenvalue weighted by Gasteiger charge is 2.44. The molecule has 120 valence electrons. The van der Waals surface area contributed by atoms with Crippen molar-refractivity contribution in [2.75, 3.05) is 12.9 Å². The Kier molecular flexibility index (Phi) is 5.51. The first kappa shape index (κ1) is 16.9. The first-order chi connectivity index (χ1) is 10.4. The van der Waals surface area contributed by atoms with E-state index in [2.05, 4.69) is 23.8 Å². The number of nitrogens with one attached hydrogen (secondary N) is 1. The standard InChI is InChI=1S/C17H23NO3S/c1-11-8-12(2)14(13(3)9-11)10-16(19)18-22-7-5-6-15(22)17(20)21-4/h8-9,15H,5-7,10H2,1-4H3/p+1. The Hall–Kier alpha value is -1.49. The van der Waals surface area contributed by atoms with Crippen molar-refractivity contribution < 1.29 is 14.3 Å². The fourth-order valence-electron chi connectivity index (χ4n) is 3.03. The summed E-state index contributed by atoms with van der Waals surface area (Å²) in [7, 11) is 1.41. The summed E-state index contributed by atoms with van der Waals surface area (Å²) in [5.41, 5.74) is 4.59. The third kappa shape index (κ3) is 3.83. The van der Waals surface area contributed by atoms with E-state index in [1.54, 1.807) is 0 Å². The zero-order valence-corrected chi connectivity index (χ0v) is 14.5. The molecule has 2 unspecified atom stereocenters. The molecule has 0 spiro atoms. The lowest BCUT2D eigenvalue weighted by Crippen LogP contribution is -2.41. The van der Waals surface area contributed by atoms with Crippen LogP contribution < -0.4 is 4.72 Å². The van der Waals surface area contributed by atoms with Crippen molar-refractivity contribution in [1.29, 1.82) is 0 Å². The van der Waals surface area contributed by atoms with Crippen molar-refractivity contribution in [1.82, 2.24) is 4.72 Å². The van der Waals surface area contributed by atoms with E-state index < -0.39 is 11.1 Å². The second-order valence-electron chi connectivity index (χ2n) is 5.87. The van der Waals surface area contributed by atoms with E-state index in [-0.39, 0.29) is 17.1 Å². The largest absolute Gasteiger partial charge is 0.465 e. The van der Waals surface area contributed by atoms with Gasteiger partial charge in [0.05, 0.1) is 13.5 Å².